The SMILES string of the molecule is CCNC(=O)c1nc(NC)c2cccnc2c1O. The van der Waals surface area contributed by atoms with Crippen LogP contribution >= 0.6 is 0 Å². The van der Waals surface area contributed by atoms with Crippen molar-refractivity contribution in [2.75, 3.05) is 18.9 Å². The van der Waals surface area contributed by atoms with Gasteiger partial charge in [0.15, 0.2) is 11.4 Å². The summed E-state index contributed by atoms with van der Waals surface area (Å²) in [5.74, 6) is -0.105. The van der Waals surface area contributed by atoms with Crippen molar-refractivity contribution in [3.8, 4) is 5.75 Å². The number of rotatable bonds is 3. The molecule has 2 aromatic heterocycles. The van der Waals surface area contributed by atoms with Crippen LogP contribution in [0, 0.1) is 0 Å². The Labute approximate surface area is 104 Å². The first-order valence-electron chi connectivity index (χ1n) is 5.62. The average Bonchev–Trinajstić information content (AvgIpc) is 2.40. The third kappa shape index (κ3) is 1.92. The Morgan fingerprint density at radius 2 is 2.28 bits per heavy atom. The van der Waals surface area contributed by atoms with Crippen LogP contribution in [-0.4, -0.2) is 34.6 Å². The van der Waals surface area contributed by atoms with Crippen LogP contribution in [0.1, 0.15) is 17.4 Å². The van der Waals surface area contributed by atoms with Crippen molar-refractivity contribution in [1.82, 2.24) is 15.3 Å². The summed E-state index contributed by atoms with van der Waals surface area (Å²) in [7, 11) is 1.70. The van der Waals surface area contributed by atoms with Crippen LogP contribution in [0.15, 0.2) is 18.3 Å². The first-order valence-corrected chi connectivity index (χ1v) is 5.62. The summed E-state index contributed by atoms with van der Waals surface area (Å²) in [4.78, 5) is 20.0. The lowest BCUT2D eigenvalue weighted by atomic mass is 10.2. The molecule has 0 fully saturated rings. The highest BCUT2D eigenvalue weighted by Gasteiger charge is 2.18. The van der Waals surface area contributed by atoms with Crippen LogP contribution in [0.4, 0.5) is 5.82 Å². The van der Waals surface area contributed by atoms with Gasteiger partial charge in [0.25, 0.3) is 5.91 Å². The van der Waals surface area contributed by atoms with E-state index in [0.717, 1.165) is 0 Å². The molecule has 0 unspecified atom stereocenters. The van der Waals surface area contributed by atoms with Crippen molar-refractivity contribution in [3.63, 3.8) is 0 Å². The molecule has 18 heavy (non-hydrogen) atoms. The first-order chi connectivity index (χ1) is 8.69. The summed E-state index contributed by atoms with van der Waals surface area (Å²) in [6.45, 7) is 2.27. The van der Waals surface area contributed by atoms with Gasteiger partial charge in [-0.1, -0.05) is 0 Å². The van der Waals surface area contributed by atoms with Gasteiger partial charge in [0.05, 0.1) is 0 Å². The number of hydrogen-bond acceptors (Lipinski definition) is 5. The number of carbonyl (C=O) groups excluding carboxylic acids is 1. The van der Waals surface area contributed by atoms with E-state index in [1.807, 2.05) is 0 Å². The molecule has 0 bridgehead atoms. The van der Waals surface area contributed by atoms with Gasteiger partial charge in [-0.3, -0.25) is 9.78 Å². The number of anilines is 1. The summed E-state index contributed by atoms with van der Waals surface area (Å²) in [6.07, 6.45) is 1.56. The number of aromatic hydroxyl groups is 1. The highest BCUT2D eigenvalue weighted by molar-refractivity contribution is 6.03. The summed E-state index contributed by atoms with van der Waals surface area (Å²) in [5.41, 5.74) is 0.338. The zero-order chi connectivity index (χ0) is 13.1. The van der Waals surface area contributed by atoms with E-state index in [9.17, 15) is 9.90 Å². The number of nitrogens with one attached hydrogen (secondary N) is 2. The number of pyridine rings is 2. The van der Waals surface area contributed by atoms with Gasteiger partial charge in [-0.2, -0.15) is 0 Å². The van der Waals surface area contributed by atoms with Gasteiger partial charge in [0, 0.05) is 25.2 Å². The van der Waals surface area contributed by atoms with Crippen molar-refractivity contribution in [2.45, 2.75) is 6.92 Å². The molecule has 1 amide bonds. The average molecular weight is 246 g/mol. The van der Waals surface area contributed by atoms with E-state index in [1.165, 1.54) is 0 Å². The third-order valence-corrected chi connectivity index (χ3v) is 2.52. The zero-order valence-corrected chi connectivity index (χ0v) is 10.2. The number of hydrogen-bond donors (Lipinski definition) is 3. The smallest absolute Gasteiger partial charge is 0.273 e. The molecule has 2 aromatic rings. The van der Waals surface area contributed by atoms with Crippen LogP contribution in [0.25, 0.3) is 10.9 Å². The Balaban J connectivity index is 2.69. The van der Waals surface area contributed by atoms with E-state index < -0.39 is 5.91 Å². The van der Waals surface area contributed by atoms with Crippen molar-refractivity contribution >= 4 is 22.6 Å². The topological polar surface area (TPSA) is 87.1 Å². The van der Waals surface area contributed by atoms with Gasteiger partial charge < -0.3 is 15.7 Å². The molecular formula is C12H14N4O2. The van der Waals surface area contributed by atoms with E-state index in [4.69, 9.17) is 0 Å². The monoisotopic (exact) mass is 246 g/mol. The quantitative estimate of drug-likeness (QED) is 0.755. The van der Waals surface area contributed by atoms with E-state index in [-0.39, 0.29) is 11.4 Å². The number of carbonyl (C=O) groups is 1. The Hall–Kier alpha value is -2.37. The molecule has 2 rings (SSSR count). The summed E-state index contributed by atoms with van der Waals surface area (Å²) >= 11 is 0. The molecule has 0 atom stereocenters. The van der Waals surface area contributed by atoms with Crippen LogP contribution in [-0.2, 0) is 0 Å². The van der Waals surface area contributed by atoms with Gasteiger partial charge in [-0.15, -0.1) is 0 Å². The number of fused-ring (bicyclic) bond motifs is 1. The predicted octanol–water partition coefficient (Wildman–Crippen LogP) is 1.13. The molecule has 0 aromatic carbocycles. The molecule has 0 spiro atoms. The van der Waals surface area contributed by atoms with Crippen LogP contribution in [0.2, 0.25) is 0 Å². The summed E-state index contributed by atoms with van der Waals surface area (Å²) in [5, 5.41) is 16.2. The molecule has 94 valence electrons. The van der Waals surface area contributed by atoms with Crippen LogP contribution in [0.5, 0.6) is 5.75 Å². The van der Waals surface area contributed by atoms with E-state index in [1.54, 1.807) is 32.3 Å². The van der Waals surface area contributed by atoms with Crippen molar-refractivity contribution in [2.24, 2.45) is 0 Å². The van der Waals surface area contributed by atoms with E-state index in [0.29, 0.717) is 23.3 Å². The minimum atomic E-state index is -0.418. The second-order valence-corrected chi connectivity index (χ2v) is 3.67. The zero-order valence-electron chi connectivity index (χ0n) is 10.2. The first kappa shape index (κ1) is 12.1. The van der Waals surface area contributed by atoms with Crippen LogP contribution < -0.4 is 10.6 Å². The molecule has 2 heterocycles. The molecule has 0 aliphatic carbocycles. The molecule has 0 aliphatic rings. The lowest BCUT2D eigenvalue weighted by Gasteiger charge is -2.10. The van der Waals surface area contributed by atoms with Gasteiger partial charge in [-0.05, 0) is 19.1 Å². The van der Waals surface area contributed by atoms with Crippen LogP contribution in [0.3, 0.4) is 0 Å². The highest BCUT2D eigenvalue weighted by atomic mass is 16.3. The van der Waals surface area contributed by atoms with Crippen molar-refractivity contribution < 1.29 is 9.90 Å². The molecule has 0 radical (unpaired) electrons. The molecule has 0 saturated heterocycles. The maximum absolute atomic E-state index is 11.8. The maximum Gasteiger partial charge on any atom is 0.273 e. The maximum atomic E-state index is 11.8. The molecule has 6 nitrogen and oxygen atoms in total. The minimum absolute atomic E-state index is 0.0209. The fourth-order valence-electron chi connectivity index (χ4n) is 1.72. The Morgan fingerprint density at radius 3 is 2.94 bits per heavy atom. The van der Waals surface area contributed by atoms with Crippen molar-refractivity contribution in [1.29, 1.82) is 0 Å². The number of amides is 1. The molecule has 3 N–H and O–H groups in total. The highest BCUT2D eigenvalue weighted by Crippen LogP contribution is 2.29. The number of nitrogens with zero attached hydrogens (tertiary/aromatic N) is 2. The van der Waals surface area contributed by atoms with Gasteiger partial charge in [0.2, 0.25) is 0 Å². The van der Waals surface area contributed by atoms with Gasteiger partial charge in [-0.25, -0.2) is 4.98 Å². The second-order valence-electron chi connectivity index (χ2n) is 3.67. The molecule has 0 aliphatic heterocycles. The lowest BCUT2D eigenvalue weighted by molar-refractivity contribution is 0.0948. The lowest BCUT2D eigenvalue weighted by Crippen LogP contribution is -2.24. The van der Waals surface area contributed by atoms with Gasteiger partial charge >= 0.3 is 0 Å². The normalized spacial score (nSPS) is 10.3. The molecule has 6 heteroatoms. The van der Waals surface area contributed by atoms with Crippen molar-refractivity contribution in [3.05, 3.63) is 24.0 Å². The summed E-state index contributed by atoms with van der Waals surface area (Å²) in [6, 6.07) is 3.53. The standard InChI is InChI=1S/C12H14N4O2/c1-3-14-12(18)9-10(17)8-7(5-4-6-15-8)11(13-2)16-9/h4-6,17H,3H2,1-2H3,(H,13,16)(H,14,18). The Kier molecular flexibility index (Phi) is 3.27. The minimum Gasteiger partial charge on any atom is -0.504 e. The number of aromatic nitrogens is 2. The second kappa shape index (κ2) is 4.87. The molecule has 0 saturated carbocycles. The van der Waals surface area contributed by atoms with E-state index >= 15 is 0 Å². The largest absolute Gasteiger partial charge is 0.504 e. The Bertz CT molecular complexity index is 598. The fraction of sp³-hybridized carbons (Fsp3) is 0.250. The Morgan fingerprint density at radius 1 is 1.50 bits per heavy atom. The molecular weight excluding hydrogens is 232 g/mol. The predicted molar refractivity (Wildman–Crippen MR) is 68.8 cm³/mol. The van der Waals surface area contributed by atoms with E-state index in [2.05, 4.69) is 20.6 Å². The summed E-state index contributed by atoms with van der Waals surface area (Å²) < 4.78 is 0. The fourth-order valence-corrected chi connectivity index (χ4v) is 1.72. The third-order valence-electron chi connectivity index (χ3n) is 2.52. The van der Waals surface area contributed by atoms with Gasteiger partial charge in [0.1, 0.15) is 11.3 Å².